The average molecular weight is 381 g/mol. The monoisotopic (exact) mass is 381 g/mol. The molecule has 1 fully saturated rings. The molecule has 1 aliphatic rings. The molecule has 2 aromatic rings. The Morgan fingerprint density at radius 2 is 1.54 bits per heavy atom. The summed E-state index contributed by atoms with van der Waals surface area (Å²) in [6, 6.07) is 13.6. The summed E-state index contributed by atoms with van der Waals surface area (Å²) in [6.45, 7) is 8.10. The van der Waals surface area contributed by atoms with Gasteiger partial charge in [-0.05, 0) is 56.9 Å². The molecule has 0 aliphatic carbocycles. The van der Waals surface area contributed by atoms with Gasteiger partial charge in [0.1, 0.15) is 0 Å². The number of nitrogens with one attached hydrogen (secondary N) is 1. The van der Waals surface area contributed by atoms with Gasteiger partial charge in [-0.15, -0.1) is 0 Å². The molecular weight excluding hydrogens is 357 g/mol. The Morgan fingerprint density at radius 3 is 2.11 bits per heavy atom. The number of carbonyl (C=O) groups is 2. The van der Waals surface area contributed by atoms with Gasteiger partial charge in [-0.25, -0.2) is 4.79 Å². The molecule has 0 radical (unpaired) electrons. The molecule has 0 unspecified atom stereocenters. The minimum Gasteiger partial charge on any atom is -0.478 e. The summed E-state index contributed by atoms with van der Waals surface area (Å²) in [5.74, 6) is -1.29. The highest BCUT2D eigenvalue weighted by Gasteiger charge is 2.51. The molecule has 28 heavy (non-hydrogen) atoms. The Hall–Kier alpha value is -2.64. The van der Waals surface area contributed by atoms with Gasteiger partial charge in [-0.2, -0.15) is 0 Å². The molecule has 1 heterocycles. The van der Waals surface area contributed by atoms with Crippen molar-refractivity contribution in [3.63, 3.8) is 0 Å². The van der Waals surface area contributed by atoms with Crippen LogP contribution in [0.1, 0.15) is 54.0 Å². The first kappa shape index (κ1) is 20.1. The van der Waals surface area contributed by atoms with Gasteiger partial charge in [-0.3, -0.25) is 4.79 Å². The molecule has 0 atom stereocenters. The van der Waals surface area contributed by atoms with Gasteiger partial charge in [0.15, 0.2) is 0 Å². The first-order valence-corrected chi connectivity index (χ1v) is 9.16. The molecule has 0 aromatic heterocycles. The molecule has 2 N–H and O–H groups in total. The molecule has 7 heteroatoms. The number of carboxylic acids is 1. The van der Waals surface area contributed by atoms with Crippen molar-refractivity contribution in [2.75, 3.05) is 0 Å². The maximum atomic E-state index is 12.4. The van der Waals surface area contributed by atoms with Crippen molar-refractivity contribution < 1.29 is 24.0 Å². The average Bonchev–Trinajstić information content (AvgIpc) is 2.87. The first-order chi connectivity index (χ1) is 13.1. The second kappa shape index (κ2) is 7.41. The van der Waals surface area contributed by atoms with Gasteiger partial charge in [0.25, 0.3) is 5.91 Å². The molecular formula is C21H24BNO5. The van der Waals surface area contributed by atoms with Crippen molar-refractivity contribution >= 4 is 24.5 Å². The summed E-state index contributed by atoms with van der Waals surface area (Å²) >= 11 is 0. The summed E-state index contributed by atoms with van der Waals surface area (Å²) in [5.41, 5.74) is 1.20. The van der Waals surface area contributed by atoms with Crippen LogP contribution in [-0.2, 0) is 15.9 Å². The number of benzene rings is 2. The summed E-state index contributed by atoms with van der Waals surface area (Å²) < 4.78 is 12.0. The molecule has 1 aliphatic heterocycles. The number of hydrogen-bond donors (Lipinski definition) is 2. The number of amides is 1. The van der Waals surface area contributed by atoms with Crippen molar-refractivity contribution in [2.45, 2.75) is 45.4 Å². The van der Waals surface area contributed by atoms with Crippen LogP contribution in [0.25, 0.3) is 0 Å². The lowest BCUT2D eigenvalue weighted by atomic mass is 9.79. The second-order valence-electron chi connectivity index (χ2n) is 7.86. The third-order valence-electron chi connectivity index (χ3n) is 5.39. The number of rotatable bonds is 5. The fraction of sp³-hybridized carbons (Fsp3) is 0.333. The van der Waals surface area contributed by atoms with Crippen LogP contribution in [0.5, 0.6) is 0 Å². The van der Waals surface area contributed by atoms with E-state index in [1.807, 2.05) is 39.8 Å². The van der Waals surface area contributed by atoms with Crippen molar-refractivity contribution in [3.05, 3.63) is 65.2 Å². The SMILES string of the molecule is CC1(C)OB(c2ccc(C(=O)NCc3ccccc3C(=O)O)cc2)OC1(C)C. The van der Waals surface area contributed by atoms with E-state index in [0.717, 1.165) is 5.46 Å². The van der Waals surface area contributed by atoms with E-state index < -0.39 is 24.3 Å². The maximum Gasteiger partial charge on any atom is 0.494 e. The minimum atomic E-state index is -1.02. The predicted octanol–water partition coefficient (Wildman–Crippen LogP) is 2.61. The van der Waals surface area contributed by atoms with E-state index >= 15 is 0 Å². The first-order valence-electron chi connectivity index (χ1n) is 9.16. The standard InChI is InChI=1S/C21H24BNO5/c1-20(2)21(3,4)28-22(27-20)16-11-9-14(10-12-16)18(24)23-13-15-7-5-6-8-17(15)19(25)26/h5-12H,13H2,1-4H3,(H,23,24)(H,25,26). The molecule has 0 saturated carbocycles. The van der Waals surface area contributed by atoms with Crippen LogP contribution in [0, 0.1) is 0 Å². The Balaban J connectivity index is 1.66. The lowest BCUT2D eigenvalue weighted by Crippen LogP contribution is -2.41. The zero-order chi connectivity index (χ0) is 20.5. The van der Waals surface area contributed by atoms with E-state index in [1.165, 1.54) is 6.07 Å². The molecule has 1 amide bonds. The van der Waals surface area contributed by atoms with E-state index in [0.29, 0.717) is 11.1 Å². The van der Waals surface area contributed by atoms with Crippen LogP contribution in [0.15, 0.2) is 48.5 Å². The largest absolute Gasteiger partial charge is 0.494 e. The topological polar surface area (TPSA) is 84.9 Å². The minimum absolute atomic E-state index is 0.139. The Bertz CT molecular complexity index is 876. The number of carbonyl (C=O) groups excluding carboxylic acids is 1. The molecule has 6 nitrogen and oxygen atoms in total. The molecule has 2 aromatic carbocycles. The lowest BCUT2D eigenvalue weighted by Gasteiger charge is -2.32. The molecule has 0 spiro atoms. The molecule has 146 valence electrons. The number of aromatic carboxylic acids is 1. The summed E-state index contributed by atoms with van der Waals surface area (Å²) in [4.78, 5) is 23.7. The Kier molecular flexibility index (Phi) is 5.32. The van der Waals surface area contributed by atoms with Gasteiger partial charge in [0, 0.05) is 12.1 Å². The third kappa shape index (κ3) is 3.95. The van der Waals surface area contributed by atoms with Crippen LogP contribution < -0.4 is 10.8 Å². The Labute approximate surface area is 165 Å². The van der Waals surface area contributed by atoms with Gasteiger partial charge in [-0.1, -0.05) is 30.3 Å². The fourth-order valence-corrected chi connectivity index (χ4v) is 2.93. The van der Waals surface area contributed by atoms with Gasteiger partial charge in [0.05, 0.1) is 16.8 Å². The highest BCUT2D eigenvalue weighted by molar-refractivity contribution is 6.62. The smallest absolute Gasteiger partial charge is 0.478 e. The molecule has 0 bridgehead atoms. The summed E-state index contributed by atoms with van der Waals surface area (Å²) in [6.07, 6.45) is 0. The van der Waals surface area contributed by atoms with Crippen LogP contribution in [-0.4, -0.2) is 35.3 Å². The maximum absolute atomic E-state index is 12.4. The quantitative estimate of drug-likeness (QED) is 0.778. The van der Waals surface area contributed by atoms with Gasteiger partial charge >= 0.3 is 13.1 Å². The van der Waals surface area contributed by atoms with E-state index in [1.54, 1.807) is 30.3 Å². The Morgan fingerprint density at radius 1 is 0.964 bits per heavy atom. The van der Waals surface area contributed by atoms with E-state index in [9.17, 15) is 14.7 Å². The van der Waals surface area contributed by atoms with E-state index in [4.69, 9.17) is 9.31 Å². The van der Waals surface area contributed by atoms with E-state index in [-0.39, 0.29) is 18.0 Å². The van der Waals surface area contributed by atoms with Crippen molar-refractivity contribution in [1.29, 1.82) is 0 Å². The van der Waals surface area contributed by atoms with Crippen molar-refractivity contribution in [2.24, 2.45) is 0 Å². The number of carboxylic acid groups (broad SMARTS) is 1. The van der Waals surface area contributed by atoms with Crippen LogP contribution in [0.2, 0.25) is 0 Å². The number of hydrogen-bond acceptors (Lipinski definition) is 4. The van der Waals surface area contributed by atoms with E-state index in [2.05, 4.69) is 5.32 Å². The van der Waals surface area contributed by atoms with Gasteiger partial charge < -0.3 is 19.7 Å². The second-order valence-corrected chi connectivity index (χ2v) is 7.86. The lowest BCUT2D eigenvalue weighted by molar-refractivity contribution is 0.00578. The highest BCUT2D eigenvalue weighted by Crippen LogP contribution is 2.36. The van der Waals surface area contributed by atoms with Gasteiger partial charge in [0.2, 0.25) is 0 Å². The fourth-order valence-electron chi connectivity index (χ4n) is 2.93. The zero-order valence-electron chi connectivity index (χ0n) is 16.5. The van der Waals surface area contributed by atoms with Crippen LogP contribution >= 0.6 is 0 Å². The van der Waals surface area contributed by atoms with Crippen LogP contribution in [0.4, 0.5) is 0 Å². The predicted molar refractivity (Wildman–Crippen MR) is 107 cm³/mol. The zero-order valence-corrected chi connectivity index (χ0v) is 16.5. The molecule has 3 rings (SSSR count). The summed E-state index contributed by atoms with van der Waals surface area (Å²) in [5, 5.41) is 12.0. The van der Waals surface area contributed by atoms with Crippen LogP contribution in [0.3, 0.4) is 0 Å². The normalized spacial score (nSPS) is 17.4. The van der Waals surface area contributed by atoms with Crippen molar-refractivity contribution in [3.8, 4) is 0 Å². The highest BCUT2D eigenvalue weighted by atomic mass is 16.7. The third-order valence-corrected chi connectivity index (χ3v) is 5.39. The summed E-state index contributed by atoms with van der Waals surface area (Å²) in [7, 11) is -0.482. The molecule has 1 saturated heterocycles. The van der Waals surface area contributed by atoms with Crippen molar-refractivity contribution in [1.82, 2.24) is 5.32 Å².